The minimum Gasteiger partial charge on any atom is -0.383 e. The lowest BCUT2D eigenvalue weighted by Gasteiger charge is -2.12. The summed E-state index contributed by atoms with van der Waals surface area (Å²) in [4.78, 5) is 0. The van der Waals surface area contributed by atoms with Crippen LogP contribution in [-0.4, -0.2) is 52.7 Å². The van der Waals surface area contributed by atoms with E-state index in [1.807, 2.05) is 6.92 Å². The van der Waals surface area contributed by atoms with Crippen LogP contribution in [0.15, 0.2) is 0 Å². The molecule has 0 spiro atoms. The van der Waals surface area contributed by atoms with E-state index in [9.17, 15) is 0 Å². The molecule has 0 heterocycles. The van der Waals surface area contributed by atoms with E-state index in [0.717, 1.165) is 26.4 Å². The van der Waals surface area contributed by atoms with E-state index >= 15 is 0 Å². The Morgan fingerprint density at radius 1 is 1.14 bits per heavy atom. The van der Waals surface area contributed by atoms with E-state index in [0.29, 0.717) is 19.3 Å². The van der Waals surface area contributed by atoms with Crippen molar-refractivity contribution in [3.8, 4) is 0 Å². The summed E-state index contributed by atoms with van der Waals surface area (Å²) in [6, 6.07) is 0.385. The van der Waals surface area contributed by atoms with Crippen LogP contribution >= 0.6 is 0 Å². The molecule has 1 N–H and O–H groups in total. The minimum absolute atomic E-state index is 0.385. The van der Waals surface area contributed by atoms with Gasteiger partial charge in [-0.3, -0.25) is 0 Å². The Balaban J connectivity index is 2.98. The maximum atomic E-state index is 5.34. The second kappa shape index (κ2) is 10.9. The first-order valence-corrected chi connectivity index (χ1v) is 5.19. The fourth-order valence-corrected chi connectivity index (χ4v) is 1.05. The van der Waals surface area contributed by atoms with Gasteiger partial charge in [0, 0.05) is 26.3 Å². The molecule has 1 atom stereocenters. The number of hydrogen-bond acceptors (Lipinski definition) is 4. The third-order valence-electron chi connectivity index (χ3n) is 1.73. The average Bonchev–Trinajstić information content (AvgIpc) is 2.17. The summed E-state index contributed by atoms with van der Waals surface area (Å²) in [6.45, 7) is 8.50. The summed E-state index contributed by atoms with van der Waals surface area (Å²) >= 11 is 0. The van der Waals surface area contributed by atoms with Gasteiger partial charge in [0.1, 0.15) is 0 Å². The highest BCUT2D eigenvalue weighted by Crippen LogP contribution is 1.82. The normalized spacial score (nSPS) is 13.1. The number of nitrogens with one attached hydrogen (secondary N) is 1. The molecule has 14 heavy (non-hydrogen) atoms. The molecule has 0 saturated heterocycles. The fourth-order valence-electron chi connectivity index (χ4n) is 1.05. The Hall–Kier alpha value is -0.160. The largest absolute Gasteiger partial charge is 0.383 e. The Labute approximate surface area is 86.9 Å². The van der Waals surface area contributed by atoms with Gasteiger partial charge < -0.3 is 19.5 Å². The highest BCUT2D eigenvalue weighted by atomic mass is 16.5. The Morgan fingerprint density at radius 2 is 1.86 bits per heavy atom. The van der Waals surface area contributed by atoms with Gasteiger partial charge >= 0.3 is 0 Å². The van der Waals surface area contributed by atoms with Crippen molar-refractivity contribution in [3.63, 3.8) is 0 Å². The number of methoxy groups -OCH3 is 1. The SMILES string of the molecule is CCOCCOCCNC(C)COC. The summed E-state index contributed by atoms with van der Waals surface area (Å²) in [6.07, 6.45) is 0. The molecule has 0 aliphatic heterocycles. The molecule has 0 fully saturated rings. The van der Waals surface area contributed by atoms with Crippen LogP contribution in [0.5, 0.6) is 0 Å². The predicted octanol–water partition coefficient (Wildman–Crippen LogP) is 0.664. The maximum absolute atomic E-state index is 5.34. The third kappa shape index (κ3) is 9.92. The Bertz CT molecular complexity index is 112. The van der Waals surface area contributed by atoms with E-state index in [4.69, 9.17) is 14.2 Å². The van der Waals surface area contributed by atoms with Crippen LogP contribution in [0, 0.1) is 0 Å². The zero-order chi connectivity index (χ0) is 10.6. The standard InChI is InChI=1S/C10H23NO3/c1-4-13-7-8-14-6-5-11-10(2)9-12-3/h10-11H,4-9H2,1-3H3. The summed E-state index contributed by atoms with van der Waals surface area (Å²) in [5.74, 6) is 0. The van der Waals surface area contributed by atoms with Crippen LogP contribution in [0.2, 0.25) is 0 Å². The summed E-state index contributed by atoms with van der Waals surface area (Å²) in [7, 11) is 1.71. The lowest BCUT2D eigenvalue weighted by atomic mass is 10.3. The first-order chi connectivity index (χ1) is 6.81. The van der Waals surface area contributed by atoms with E-state index in [1.165, 1.54) is 0 Å². The highest BCUT2D eigenvalue weighted by molar-refractivity contribution is 4.57. The molecular weight excluding hydrogens is 182 g/mol. The lowest BCUT2D eigenvalue weighted by molar-refractivity contribution is 0.0524. The minimum atomic E-state index is 0.385. The quantitative estimate of drug-likeness (QED) is 0.532. The molecule has 0 aliphatic rings. The van der Waals surface area contributed by atoms with E-state index in [2.05, 4.69) is 12.2 Å². The summed E-state index contributed by atoms with van der Waals surface area (Å²) in [5, 5.41) is 3.28. The van der Waals surface area contributed by atoms with Gasteiger partial charge in [0.25, 0.3) is 0 Å². The molecular formula is C10H23NO3. The number of rotatable bonds is 10. The van der Waals surface area contributed by atoms with Crippen LogP contribution < -0.4 is 5.32 Å². The van der Waals surface area contributed by atoms with Gasteiger partial charge in [-0.1, -0.05) is 0 Å². The fraction of sp³-hybridized carbons (Fsp3) is 1.00. The zero-order valence-corrected chi connectivity index (χ0v) is 9.54. The van der Waals surface area contributed by atoms with Crippen molar-refractivity contribution in [2.24, 2.45) is 0 Å². The molecule has 0 aliphatic carbocycles. The molecule has 0 amide bonds. The smallest absolute Gasteiger partial charge is 0.0701 e. The predicted molar refractivity (Wildman–Crippen MR) is 56.7 cm³/mol. The van der Waals surface area contributed by atoms with Crippen molar-refractivity contribution in [3.05, 3.63) is 0 Å². The second-order valence-electron chi connectivity index (χ2n) is 3.12. The van der Waals surface area contributed by atoms with Gasteiger partial charge in [-0.25, -0.2) is 0 Å². The average molecular weight is 205 g/mol. The van der Waals surface area contributed by atoms with Crippen molar-refractivity contribution in [1.29, 1.82) is 0 Å². The molecule has 0 bridgehead atoms. The number of ether oxygens (including phenoxy) is 3. The summed E-state index contributed by atoms with van der Waals surface area (Å²) < 4.78 is 15.5. The number of hydrogen-bond donors (Lipinski definition) is 1. The highest BCUT2D eigenvalue weighted by Gasteiger charge is 1.98. The Morgan fingerprint density at radius 3 is 2.50 bits per heavy atom. The van der Waals surface area contributed by atoms with Crippen LogP contribution in [0.25, 0.3) is 0 Å². The second-order valence-corrected chi connectivity index (χ2v) is 3.12. The molecule has 4 nitrogen and oxygen atoms in total. The topological polar surface area (TPSA) is 39.7 Å². The van der Waals surface area contributed by atoms with Crippen molar-refractivity contribution in [2.75, 3.05) is 46.7 Å². The lowest BCUT2D eigenvalue weighted by Crippen LogP contribution is -2.33. The van der Waals surface area contributed by atoms with Crippen molar-refractivity contribution < 1.29 is 14.2 Å². The van der Waals surface area contributed by atoms with E-state index < -0.39 is 0 Å². The molecule has 0 aromatic carbocycles. The monoisotopic (exact) mass is 205 g/mol. The first kappa shape index (κ1) is 13.8. The van der Waals surface area contributed by atoms with Gasteiger partial charge in [-0.05, 0) is 13.8 Å². The van der Waals surface area contributed by atoms with Gasteiger partial charge in [0.05, 0.1) is 26.4 Å². The third-order valence-corrected chi connectivity index (χ3v) is 1.73. The first-order valence-electron chi connectivity index (χ1n) is 5.19. The van der Waals surface area contributed by atoms with Crippen molar-refractivity contribution in [1.82, 2.24) is 5.32 Å². The molecule has 0 radical (unpaired) electrons. The van der Waals surface area contributed by atoms with Crippen molar-refractivity contribution >= 4 is 0 Å². The molecule has 0 aromatic rings. The Kier molecular flexibility index (Phi) is 10.8. The molecule has 0 saturated carbocycles. The van der Waals surface area contributed by atoms with Crippen LogP contribution in [0.1, 0.15) is 13.8 Å². The van der Waals surface area contributed by atoms with Crippen molar-refractivity contribution in [2.45, 2.75) is 19.9 Å². The van der Waals surface area contributed by atoms with Gasteiger partial charge in [-0.2, -0.15) is 0 Å². The van der Waals surface area contributed by atoms with Gasteiger partial charge in [0.15, 0.2) is 0 Å². The molecule has 0 aromatic heterocycles. The van der Waals surface area contributed by atoms with Crippen LogP contribution in [0.3, 0.4) is 0 Å². The summed E-state index contributed by atoms with van der Waals surface area (Å²) in [5.41, 5.74) is 0. The molecule has 1 unspecified atom stereocenters. The van der Waals surface area contributed by atoms with Gasteiger partial charge in [-0.15, -0.1) is 0 Å². The maximum Gasteiger partial charge on any atom is 0.0701 e. The van der Waals surface area contributed by atoms with E-state index in [1.54, 1.807) is 7.11 Å². The molecule has 86 valence electrons. The van der Waals surface area contributed by atoms with E-state index in [-0.39, 0.29) is 0 Å². The van der Waals surface area contributed by atoms with Gasteiger partial charge in [0.2, 0.25) is 0 Å². The molecule has 0 rings (SSSR count). The molecule has 4 heteroatoms. The van der Waals surface area contributed by atoms with Crippen LogP contribution in [-0.2, 0) is 14.2 Å². The zero-order valence-electron chi connectivity index (χ0n) is 9.54. The van der Waals surface area contributed by atoms with Crippen LogP contribution in [0.4, 0.5) is 0 Å².